The monoisotopic (exact) mass is 1090 g/mol. The van der Waals surface area contributed by atoms with E-state index < -0.39 is 0 Å². The minimum absolute atomic E-state index is 0.0718. The predicted molar refractivity (Wildman–Crippen MR) is 346 cm³/mol. The average molecular weight is 1090 g/mol. The summed E-state index contributed by atoms with van der Waals surface area (Å²) in [5.74, 6) is 0.342. The van der Waals surface area contributed by atoms with Crippen molar-refractivity contribution >= 4 is 79.2 Å². The van der Waals surface area contributed by atoms with Gasteiger partial charge in [-0.3, -0.25) is 0 Å². The van der Waals surface area contributed by atoms with Crippen molar-refractivity contribution in [2.24, 2.45) is 0 Å². The molecule has 0 aromatic heterocycles. The Kier molecular flexibility index (Phi) is 10.6. The first-order chi connectivity index (χ1) is 41.2. The highest BCUT2D eigenvalue weighted by molar-refractivity contribution is 8.00. The van der Waals surface area contributed by atoms with Gasteiger partial charge in [0.2, 0.25) is 0 Å². The van der Waals surface area contributed by atoms with Gasteiger partial charge in [0.25, 0.3) is 0 Å². The van der Waals surface area contributed by atoms with Gasteiger partial charge in [-0.25, -0.2) is 0 Å². The summed E-state index contributed by atoms with van der Waals surface area (Å²) in [6, 6.07) is 104. The standard InChI is InChI=1S/C79H52N2S2/c1-2-20-48(21-3-1)44-63-53-24-5-4-22-49(53)45-50-23-18-29-60(74(50)63)76-58-42-40-52(81-68-34-12-16-38-72(68)83-73-39-17-13-35-69(73)81)47-65(58)77(59-43-41-51(46-64(59)76)80-66-32-10-14-36-70(66)82-71-37-15-11-33-67(71)80)62-31-19-30-61-75-54-25-6-8-27-56(54)78(79(61)62)57-28-9-7-26-55(57)75/h1-43,46-47,63,75,78H,44-45H2. The highest BCUT2D eigenvalue weighted by Crippen LogP contribution is 2.61. The third-order valence-electron chi connectivity index (χ3n) is 18.6. The fourth-order valence-electron chi connectivity index (χ4n) is 15.3. The molecule has 0 saturated carbocycles. The summed E-state index contributed by atoms with van der Waals surface area (Å²) in [5, 5.41) is 5.00. The first kappa shape index (κ1) is 47.3. The van der Waals surface area contributed by atoms with Crippen LogP contribution in [0.15, 0.2) is 293 Å². The van der Waals surface area contributed by atoms with E-state index >= 15 is 0 Å². The van der Waals surface area contributed by atoms with Gasteiger partial charge in [0.15, 0.2) is 0 Å². The lowest BCUT2D eigenvalue weighted by atomic mass is 9.59. The minimum Gasteiger partial charge on any atom is -0.308 e. The Morgan fingerprint density at radius 2 is 0.723 bits per heavy atom. The molecule has 1 atom stereocenters. The molecule has 13 aromatic rings. The first-order valence-electron chi connectivity index (χ1n) is 29.1. The van der Waals surface area contributed by atoms with Gasteiger partial charge >= 0.3 is 0 Å². The zero-order valence-corrected chi connectivity index (χ0v) is 47.0. The number of hydrogen-bond donors (Lipinski definition) is 0. The summed E-state index contributed by atoms with van der Waals surface area (Å²) in [4.78, 5) is 10.1. The lowest BCUT2D eigenvalue weighted by Crippen LogP contribution is -2.28. The van der Waals surface area contributed by atoms with Gasteiger partial charge < -0.3 is 9.80 Å². The SMILES string of the molecule is c1ccc(CC2c3ccccc3Cc3cccc(-c4c5cc(N6c7ccccc7Sc7ccccc76)ccc5c(-c5cccc6c5C5c7ccccc7C6c6ccccc65)c5cc(N6c7ccccc7Sc7ccccc76)ccc45)c32)cc1. The van der Waals surface area contributed by atoms with E-state index in [1.54, 1.807) is 0 Å². The van der Waals surface area contributed by atoms with E-state index in [4.69, 9.17) is 0 Å². The zero-order chi connectivity index (χ0) is 54.3. The molecule has 390 valence electrons. The molecule has 83 heavy (non-hydrogen) atoms. The minimum atomic E-state index is 0.0718. The van der Waals surface area contributed by atoms with E-state index in [-0.39, 0.29) is 17.8 Å². The molecule has 4 aliphatic carbocycles. The molecule has 0 N–H and O–H groups in total. The maximum Gasteiger partial charge on any atom is 0.0601 e. The second-order valence-electron chi connectivity index (χ2n) is 22.9. The smallest absolute Gasteiger partial charge is 0.0601 e. The molecule has 2 nitrogen and oxygen atoms in total. The van der Waals surface area contributed by atoms with Gasteiger partial charge in [0.1, 0.15) is 0 Å². The van der Waals surface area contributed by atoms with Gasteiger partial charge in [0, 0.05) is 48.7 Å². The molecule has 2 aliphatic heterocycles. The molecule has 2 heterocycles. The Hall–Kier alpha value is -9.32. The summed E-state index contributed by atoms with van der Waals surface area (Å²) in [7, 11) is 0. The third-order valence-corrected chi connectivity index (χ3v) is 20.9. The molecule has 0 amide bonds. The van der Waals surface area contributed by atoms with Crippen LogP contribution in [0.1, 0.15) is 79.0 Å². The summed E-state index contributed by atoms with van der Waals surface area (Å²) in [6.45, 7) is 0. The van der Waals surface area contributed by atoms with Crippen molar-refractivity contribution < 1.29 is 0 Å². The molecule has 13 aromatic carbocycles. The van der Waals surface area contributed by atoms with Crippen LogP contribution in [0.25, 0.3) is 43.8 Å². The normalized spacial score (nSPS) is 16.4. The van der Waals surface area contributed by atoms with Crippen molar-refractivity contribution in [1.82, 2.24) is 0 Å². The Balaban J connectivity index is 0.987. The summed E-state index contributed by atoms with van der Waals surface area (Å²) >= 11 is 3.73. The number of rotatable bonds is 6. The summed E-state index contributed by atoms with van der Waals surface area (Å²) in [6.07, 6.45) is 1.79. The second-order valence-corrected chi connectivity index (χ2v) is 25.1. The summed E-state index contributed by atoms with van der Waals surface area (Å²) in [5.41, 5.74) is 27.8. The van der Waals surface area contributed by atoms with Crippen molar-refractivity contribution in [3.8, 4) is 22.3 Å². The van der Waals surface area contributed by atoms with Gasteiger partial charge in [-0.15, -0.1) is 0 Å². The van der Waals surface area contributed by atoms with Crippen molar-refractivity contribution in [3.63, 3.8) is 0 Å². The molecule has 19 rings (SSSR count). The van der Waals surface area contributed by atoms with Gasteiger partial charge in [-0.1, -0.05) is 224 Å². The van der Waals surface area contributed by atoms with E-state index in [9.17, 15) is 0 Å². The van der Waals surface area contributed by atoms with Crippen LogP contribution in [0.4, 0.5) is 34.1 Å². The number of nitrogens with zero attached hydrogens (tertiary/aromatic N) is 2. The van der Waals surface area contributed by atoms with E-state index in [1.807, 2.05) is 23.5 Å². The largest absolute Gasteiger partial charge is 0.308 e. The van der Waals surface area contributed by atoms with Gasteiger partial charge in [-0.05, 0) is 191 Å². The van der Waals surface area contributed by atoms with Crippen molar-refractivity contribution in [2.45, 2.75) is 50.2 Å². The number of hydrogen-bond acceptors (Lipinski definition) is 4. The van der Waals surface area contributed by atoms with Gasteiger partial charge in [-0.2, -0.15) is 0 Å². The second kappa shape index (κ2) is 18.6. The lowest BCUT2D eigenvalue weighted by molar-refractivity contribution is 0.756. The number of anilines is 6. The van der Waals surface area contributed by atoms with Crippen LogP contribution < -0.4 is 9.80 Å². The Bertz CT molecular complexity index is 4730. The molecular formula is C79H52N2S2. The van der Waals surface area contributed by atoms with Crippen LogP contribution in [0.2, 0.25) is 0 Å². The molecule has 0 radical (unpaired) electrons. The predicted octanol–water partition coefficient (Wildman–Crippen LogP) is 21.5. The van der Waals surface area contributed by atoms with Crippen LogP contribution >= 0.6 is 23.5 Å². The van der Waals surface area contributed by atoms with Crippen LogP contribution in [0.3, 0.4) is 0 Å². The van der Waals surface area contributed by atoms with Crippen molar-refractivity contribution in [2.75, 3.05) is 9.80 Å². The quantitative estimate of drug-likeness (QED) is 0.153. The van der Waals surface area contributed by atoms with E-state index in [0.29, 0.717) is 0 Å². The van der Waals surface area contributed by atoms with Crippen LogP contribution in [-0.4, -0.2) is 0 Å². The van der Waals surface area contributed by atoms with Crippen LogP contribution in [-0.2, 0) is 12.8 Å². The highest BCUT2D eigenvalue weighted by Gasteiger charge is 2.43. The molecule has 2 bridgehead atoms. The third kappa shape index (κ3) is 7.13. The molecule has 0 fully saturated rings. The van der Waals surface area contributed by atoms with Gasteiger partial charge in [0.05, 0.1) is 22.7 Å². The van der Waals surface area contributed by atoms with Crippen LogP contribution in [0, 0.1) is 0 Å². The molecular weight excluding hydrogens is 1040 g/mol. The number of fused-ring (bicyclic) bond motifs is 8. The molecule has 0 saturated heterocycles. The van der Waals surface area contributed by atoms with Crippen molar-refractivity contribution in [1.29, 1.82) is 0 Å². The number of benzene rings is 13. The lowest BCUT2D eigenvalue weighted by Gasteiger charge is -2.43. The first-order valence-corrected chi connectivity index (χ1v) is 30.7. The van der Waals surface area contributed by atoms with E-state index in [0.717, 1.165) is 24.2 Å². The Labute approximate surface area is 492 Å². The molecule has 0 spiro atoms. The summed E-state index contributed by atoms with van der Waals surface area (Å²) < 4.78 is 0. The fourth-order valence-corrected chi connectivity index (χ4v) is 17.4. The van der Waals surface area contributed by atoms with Crippen molar-refractivity contribution in [3.05, 3.63) is 334 Å². The Morgan fingerprint density at radius 1 is 0.313 bits per heavy atom. The molecule has 4 heteroatoms. The van der Waals surface area contributed by atoms with E-state index in [2.05, 4.69) is 283 Å². The highest BCUT2D eigenvalue weighted by atomic mass is 32.2. The van der Waals surface area contributed by atoms with E-state index in [1.165, 1.54) is 147 Å². The average Bonchev–Trinajstić information content (AvgIpc) is 1.03. The number of para-hydroxylation sites is 4. The molecule has 6 aliphatic rings. The zero-order valence-electron chi connectivity index (χ0n) is 45.3. The van der Waals surface area contributed by atoms with Crippen LogP contribution in [0.5, 0.6) is 0 Å². The maximum atomic E-state index is 2.56. The fraction of sp³-hybridized carbons (Fsp3) is 0.0633. The Morgan fingerprint density at radius 3 is 1.25 bits per heavy atom. The maximum absolute atomic E-state index is 2.56. The topological polar surface area (TPSA) is 6.48 Å². The molecule has 1 unspecified atom stereocenters.